The molecule has 1 aromatic carbocycles. The van der Waals surface area contributed by atoms with Gasteiger partial charge in [0.1, 0.15) is 0 Å². The monoisotopic (exact) mass is 435 g/mol. The number of nitrogens with zero attached hydrogens (tertiary/aromatic N) is 5. The van der Waals surface area contributed by atoms with E-state index in [2.05, 4.69) is 21.0 Å². The zero-order valence-corrected chi connectivity index (χ0v) is 17.3. The van der Waals surface area contributed by atoms with Crippen molar-refractivity contribution in [2.24, 2.45) is 17.8 Å². The molecule has 1 saturated carbocycles. The lowest BCUT2D eigenvalue weighted by molar-refractivity contribution is -0.275. The van der Waals surface area contributed by atoms with Gasteiger partial charge in [0.25, 0.3) is 0 Å². The number of para-hydroxylation sites is 2. The molecule has 2 aromatic rings. The smallest absolute Gasteiger partial charge is 0.420 e. The highest BCUT2D eigenvalue weighted by molar-refractivity contribution is 5.41. The van der Waals surface area contributed by atoms with Crippen LogP contribution in [0.5, 0.6) is 17.5 Å². The van der Waals surface area contributed by atoms with Crippen LogP contribution in [0.3, 0.4) is 0 Å². The lowest BCUT2D eigenvalue weighted by Gasteiger charge is -2.34. The number of likely N-dealkylation sites (tertiary alicyclic amines) is 1. The number of benzene rings is 1. The molecular weight excluding hydrogens is 411 g/mol. The number of alkyl halides is 3. The first-order chi connectivity index (χ1) is 14.7. The van der Waals surface area contributed by atoms with Crippen molar-refractivity contribution in [1.29, 1.82) is 5.26 Å². The molecule has 0 amide bonds. The number of nitriles is 1. The minimum absolute atomic E-state index is 0.0805. The number of rotatable bonds is 6. The Morgan fingerprint density at radius 2 is 1.81 bits per heavy atom. The van der Waals surface area contributed by atoms with Gasteiger partial charge in [-0.05, 0) is 56.6 Å². The predicted octanol–water partition coefficient (Wildman–Crippen LogP) is 4.53. The zero-order chi connectivity index (χ0) is 22.2. The van der Waals surface area contributed by atoms with Gasteiger partial charge >= 0.3 is 12.4 Å². The summed E-state index contributed by atoms with van der Waals surface area (Å²) < 4.78 is 49.6. The van der Waals surface area contributed by atoms with E-state index in [9.17, 15) is 18.4 Å². The van der Waals surface area contributed by atoms with Crippen molar-refractivity contribution in [3.63, 3.8) is 0 Å². The summed E-state index contributed by atoms with van der Waals surface area (Å²) in [5.41, 5.74) is 0. The van der Waals surface area contributed by atoms with Gasteiger partial charge in [0, 0.05) is 19.5 Å². The van der Waals surface area contributed by atoms with Crippen LogP contribution in [-0.2, 0) is 6.42 Å². The van der Waals surface area contributed by atoms with E-state index in [-0.39, 0.29) is 17.8 Å². The molecule has 0 spiro atoms. The number of ether oxygens (including phenoxy) is 2. The fourth-order valence-electron chi connectivity index (χ4n) is 4.65. The molecule has 0 N–H and O–H groups in total. The molecule has 2 fully saturated rings. The van der Waals surface area contributed by atoms with Gasteiger partial charge in [-0.2, -0.15) is 15.3 Å². The Balaban J connectivity index is 1.55. The molecule has 31 heavy (non-hydrogen) atoms. The number of aromatic nitrogens is 3. The molecule has 3 atom stereocenters. The van der Waals surface area contributed by atoms with Crippen LogP contribution in [0, 0.1) is 29.2 Å². The molecule has 2 bridgehead atoms. The Hall–Kier alpha value is -2.96. The fourth-order valence-corrected chi connectivity index (χ4v) is 4.65. The summed E-state index contributed by atoms with van der Waals surface area (Å²) >= 11 is 0. The summed E-state index contributed by atoms with van der Waals surface area (Å²) in [6.45, 7) is 5.32. The van der Waals surface area contributed by atoms with Gasteiger partial charge in [0.15, 0.2) is 23.5 Å². The average molecular weight is 435 g/mol. The average Bonchev–Trinajstić information content (AvgIpc) is 3.19. The Labute approximate surface area is 178 Å². The first-order valence-corrected chi connectivity index (χ1v) is 10.4. The van der Waals surface area contributed by atoms with E-state index in [1.807, 2.05) is 18.7 Å². The second kappa shape index (κ2) is 8.29. The Bertz CT molecular complexity index is 955. The largest absolute Gasteiger partial charge is 0.573 e. The van der Waals surface area contributed by atoms with Crippen LogP contribution in [0.2, 0.25) is 0 Å². The molecule has 1 aliphatic heterocycles. The summed E-state index contributed by atoms with van der Waals surface area (Å²) in [6.07, 6.45) is 0.259. The molecule has 7 nitrogen and oxygen atoms in total. The lowest BCUT2D eigenvalue weighted by Crippen LogP contribution is -2.40. The highest BCUT2D eigenvalue weighted by atomic mass is 19.4. The summed E-state index contributed by atoms with van der Waals surface area (Å²) in [4.78, 5) is 6.33. The first-order valence-electron chi connectivity index (χ1n) is 10.4. The number of hydrogen-bond acceptors (Lipinski definition) is 6. The summed E-state index contributed by atoms with van der Waals surface area (Å²) in [7, 11) is 0. The first kappa shape index (κ1) is 21.3. The summed E-state index contributed by atoms with van der Waals surface area (Å²) in [5.74, 6) is 1.33. The lowest BCUT2D eigenvalue weighted by atomic mass is 9.83. The second-order valence-corrected chi connectivity index (χ2v) is 8.42. The van der Waals surface area contributed by atoms with E-state index >= 15 is 0 Å². The fraction of sp³-hybridized carbons (Fsp3) is 0.571. The summed E-state index contributed by atoms with van der Waals surface area (Å²) in [6, 6.07) is 5.64. The highest BCUT2D eigenvalue weighted by Gasteiger charge is 2.42. The Morgan fingerprint density at radius 3 is 2.39 bits per heavy atom. The van der Waals surface area contributed by atoms with Crippen LogP contribution >= 0.6 is 0 Å². The highest BCUT2D eigenvalue weighted by Crippen LogP contribution is 2.43. The third-order valence-electron chi connectivity index (χ3n) is 6.00. The maximum atomic E-state index is 12.7. The van der Waals surface area contributed by atoms with E-state index in [0.717, 1.165) is 25.9 Å². The van der Waals surface area contributed by atoms with Crippen LogP contribution in [0.15, 0.2) is 24.3 Å². The molecular formula is C21H24F3N5O2. The minimum Gasteiger partial charge on any atom is -0.420 e. The number of halogens is 3. The molecule has 1 unspecified atom stereocenters. The maximum absolute atomic E-state index is 12.7. The van der Waals surface area contributed by atoms with Crippen LogP contribution < -0.4 is 9.47 Å². The molecule has 0 radical (unpaired) electrons. The molecule has 2 aliphatic rings. The second-order valence-electron chi connectivity index (χ2n) is 8.42. The van der Waals surface area contributed by atoms with Crippen molar-refractivity contribution in [3.05, 3.63) is 30.1 Å². The van der Waals surface area contributed by atoms with Crippen LogP contribution in [0.1, 0.15) is 38.6 Å². The van der Waals surface area contributed by atoms with E-state index in [0.29, 0.717) is 30.0 Å². The van der Waals surface area contributed by atoms with Gasteiger partial charge in [-0.15, -0.1) is 13.2 Å². The normalized spacial score (nSPS) is 23.1. The van der Waals surface area contributed by atoms with Crippen molar-refractivity contribution in [2.75, 3.05) is 13.1 Å². The van der Waals surface area contributed by atoms with Gasteiger partial charge in [-0.25, -0.2) is 4.68 Å². The van der Waals surface area contributed by atoms with Crippen molar-refractivity contribution in [2.45, 2.75) is 45.5 Å². The third-order valence-corrected chi connectivity index (χ3v) is 6.00. The zero-order valence-electron chi connectivity index (χ0n) is 17.3. The number of piperidine rings is 1. The van der Waals surface area contributed by atoms with Crippen molar-refractivity contribution in [3.8, 4) is 23.7 Å². The Morgan fingerprint density at radius 1 is 1.16 bits per heavy atom. The van der Waals surface area contributed by atoms with Crippen LogP contribution in [0.4, 0.5) is 13.2 Å². The Kier molecular flexibility index (Phi) is 5.69. The van der Waals surface area contributed by atoms with E-state index in [4.69, 9.17) is 4.74 Å². The topological polar surface area (TPSA) is 76.2 Å². The van der Waals surface area contributed by atoms with Gasteiger partial charge in [-0.3, -0.25) is 0 Å². The van der Waals surface area contributed by atoms with Crippen LogP contribution in [0.25, 0.3) is 0 Å². The van der Waals surface area contributed by atoms with E-state index in [1.54, 1.807) is 10.7 Å². The molecule has 1 saturated heterocycles. The standard InChI is InChI=1S/C21H24F3N5O2/c1-13(2)29-20(30-17-5-3-4-6-18(17)31-21(22,23)24)26-19(27-29)9-16-14-7-8-15(16)11-28(10-14)12-25/h3-6,13-16H,7-11H2,1-2H3/t14-,15+,16?. The summed E-state index contributed by atoms with van der Waals surface area (Å²) in [5, 5.41) is 13.8. The molecule has 10 heteroatoms. The minimum atomic E-state index is -4.83. The molecule has 166 valence electrons. The molecule has 4 rings (SSSR count). The van der Waals surface area contributed by atoms with E-state index < -0.39 is 12.1 Å². The van der Waals surface area contributed by atoms with Crippen molar-refractivity contribution >= 4 is 0 Å². The van der Waals surface area contributed by atoms with Gasteiger partial charge in [-0.1, -0.05) is 12.1 Å². The number of fused-ring (bicyclic) bond motifs is 2. The maximum Gasteiger partial charge on any atom is 0.573 e. The van der Waals surface area contributed by atoms with Crippen LogP contribution in [-0.4, -0.2) is 39.1 Å². The third kappa shape index (κ3) is 4.70. The number of hydrogen-bond donors (Lipinski definition) is 0. The van der Waals surface area contributed by atoms with Crippen molar-refractivity contribution in [1.82, 2.24) is 19.7 Å². The van der Waals surface area contributed by atoms with E-state index in [1.165, 1.54) is 18.2 Å². The predicted molar refractivity (Wildman–Crippen MR) is 104 cm³/mol. The molecule has 1 aromatic heterocycles. The molecule has 1 aliphatic carbocycles. The van der Waals surface area contributed by atoms with Gasteiger partial charge in [0.05, 0.1) is 6.04 Å². The van der Waals surface area contributed by atoms with Gasteiger partial charge < -0.3 is 14.4 Å². The molecule has 2 heterocycles. The quantitative estimate of drug-likeness (QED) is 0.621. The van der Waals surface area contributed by atoms with Crippen molar-refractivity contribution < 1.29 is 22.6 Å². The SMILES string of the molecule is CC(C)n1nc(CC2[C@@H]3CC[C@H]2CN(C#N)C3)nc1Oc1ccccc1OC(F)(F)F. The van der Waals surface area contributed by atoms with Gasteiger partial charge in [0.2, 0.25) is 0 Å².